The van der Waals surface area contributed by atoms with Gasteiger partial charge in [-0.2, -0.15) is 4.68 Å². The summed E-state index contributed by atoms with van der Waals surface area (Å²) in [5, 5.41) is 2.85. The van der Waals surface area contributed by atoms with Crippen molar-refractivity contribution in [2.24, 2.45) is 0 Å². The average Bonchev–Trinajstić information content (AvgIpc) is 2.95. The Kier molecular flexibility index (Phi) is 5.22. The van der Waals surface area contributed by atoms with Gasteiger partial charge in [-0.3, -0.25) is 14.7 Å². The molecule has 140 valence electrons. The highest BCUT2D eigenvalue weighted by Gasteiger charge is 2.27. The van der Waals surface area contributed by atoms with Crippen molar-refractivity contribution >= 4 is 5.91 Å². The monoisotopic (exact) mass is 359 g/mol. The SMILES string of the molecule is Cc1cc(C)nc(-n2[nH]c(C(=O)N3CCCC(OC(C)C)C3)cc2=O)n1. The van der Waals surface area contributed by atoms with E-state index < -0.39 is 0 Å². The first-order chi connectivity index (χ1) is 12.3. The minimum absolute atomic E-state index is 0.0317. The van der Waals surface area contributed by atoms with Crippen molar-refractivity contribution in [2.45, 2.75) is 52.7 Å². The first-order valence-corrected chi connectivity index (χ1v) is 8.93. The highest BCUT2D eigenvalue weighted by Crippen LogP contribution is 2.16. The van der Waals surface area contributed by atoms with Gasteiger partial charge in [0.15, 0.2) is 0 Å². The second kappa shape index (κ2) is 7.41. The maximum absolute atomic E-state index is 12.8. The smallest absolute Gasteiger partial charge is 0.274 e. The van der Waals surface area contributed by atoms with Crippen molar-refractivity contribution in [1.82, 2.24) is 24.6 Å². The molecule has 0 saturated carbocycles. The Morgan fingerprint density at radius 2 is 1.96 bits per heavy atom. The summed E-state index contributed by atoms with van der Waals surface area (Å²) in [4.78, 5) is 35.4. The summed E-state index contributed by atoms with van der Waals surface area (Å²) in [6.45, 7) is 8.83. The third kappa shape index (κ3) is 4.01. The molecule has 1 amide bonds. The number of rotatable bonds is 4. The second-order valence-electron chi connectivity index (χ2n) is 6.99. The van der Waals surface area contributed by atoms with E-state index in [1.165, 1.54) is 10.7 Å². The molecule has 1 unspecified atom stereocenters. The molecule has 1 fully saturated rings. The Morgan fingerprint density at radius 3 is 2.62 bits per heavy atom. The number of aryl methyl sites for hydroxylation is 2. The molecule has 26 heavy (non-hydrogen) atoms. The maximum atomic E-state index is 12.8. The van der Waals surface area contributed by atoms with Crippen LogP contribution in [-0.2, 0) is 4.74 Å². The van der Waals surface area contributed by atoms with E-state index >= 15 is 0 Å². The molecule has 1 saturated heterocycles. The first kappa shape index (κ1) is 18.3. The summed E-state index contributed by atoms with van der Waals surface area (Å²) in [5.74, 6) is 0.0356. The molecular weight excluding hydrogens is 334 g/mol. The fourth-order valence-corrected chi connectivity index (χ4v) is 3.25. The van der Waals surface area contributed by atoms with E-state index in [4.69, 9.17) is 4.74 Å². The average molecular weight is 359 g/mol. The zero-order chi connectivity index (χ0) is 18.8. The van der Waals surface area contributed by atoms with Crippen LogP contribution in [0, 0.1) is 13.8 Å². The predicted octanol–water partition coefficient (Wildman–Crippen LogP) is 1.60. The molecule has 0 bridgehead atoms. The topological polar surface area (TPSA) is 93.1 Å². The zero-order valence-corrected chi connectivity index (χ0v) is 15.7. The van der Waals surface area contributed by atoms with Gasteiger partial charge in [-0.15, -0.1) is 0 Å². The Balaban J connectivity index is 1.82. The van der Waals surface area contributed by atoms with Crippen LogP contribution >= 0.6 is 0 Å². The number of carbonyl (C=O) groups is 1. The quantitative estimate of drug-likeness (QED) is 0.895. The van der Waals surface area contributed by atoms with Crippen molar-refractivity contribution in [2.75, 3.05) is 13.1 Å². The van der Waals surface area contributed by atoms with Gasteiger partial charge in [0, 0.05) is 30.5 Å². The van der Waals surface area contributed by atoms with Gasteiger partial charge in [0.1, 0.15) is 5.69 Å². The van der Waals surface area contributed by atoms with Crippen molar-refractivity contribution in [3.63, 3.8) is 0 Å². The summed E-state index contributed by atoms with van der Waals surface area (Å²) in [6.07, 6.45) is 1.98. The van der Waals surface area contributed by atoms with E-state index in [1.807, 2.05) is 33.8 Å². The van der Waals surface area contributed by atoms with Gasteiger partial charge in [0.2, 0.25) is 0 Å². The zero-order valence-electron chi connectivity index (χ0n) is 15.7. The van der Waals surface area contributed by atoms with Crippen LogP contribution in [0.15, 0.2) is 16.9 Å². The molecule has 0 aromatic carbocycles. The number of carbonyl (C=O) groups excluding carboxylic acids is 1. The fraction of sp³-hybridized carbons (Fsp3) is 0.556. The second-order valence-corrected chi connectivity index (χ2v) is 6.99. The van der Waals surface area contributed by atoms with Crippen LogP contribution in [0.2, 0.25) is 0 Å². The molecular formula is C18H25N5O3. The van der Waals surface area contributed by atoms with E-state index in [0.717, 1.165) is 24.2 Å². The molecule has 2 aromatic rings. The molecule has 2 aromatic heterocycles. The summed E-state index contributed by atoms with van der Waals surface area (Å²) in [6, 6.07) is 3.13. The molecule has 1 atom stereocenters. The first-order valence-electron chi connectivity index (χ1n) is 8.93. The number of aromatic nitrogens is 4. The summed E-state index contributed by atoms with van der Waals surface area (Å²) < 4.78 is 7.05. The largest absolute Gasteiger partial charge is 0.374 e. The molecule has 1 aliphatic rings. The lowest BCUT2D eigenvalue weighted by molar-refractivity contribution is -0.0288. The van der Waals surface area contributed by atoms with Crippen LogP contribution in [0.25, 0.3) is 5.95 Å². The van der Waals surface area contributed by atoms with Gasteiger partial charge < -0.3 is 9.64 Å². The third-order valence-electron chi connectivity index (χ3n) is 4.25. The van der Waals surface area contributed by atoms with Gasteiger partial charge in [-0.1, -0.05) is 0 Å². The van der Waals surface area contributed by atoms with Crippen molar-refractivity contribution in [1.29, 1.82) is 0 Å². The lowest BCUT2D eigenvalue weighted by Gasteiger charge is -2.33. The summed E-state index contributed by atoms with van der Waals surface area (Å²) in [5.41, 5.74) is 1.39. The number of nitrogens with zero attached hydrogens (tertiary/aromatic N) is 4. The van der Waals surface area contributed by atoms with Crippen LogP contribution in [0.4, 0.5) is 0 Å². The van der Waals surface area contributed by atoms with E-state index in [1.54, 1.807) is 4.90 Å². The molecule has 0 aliphatic carbocycles. The molecule has 0 radical (unpaired) electrons. The molecule has 0 spiro atoms. The number of likely N-dealkylation sites (tertiary alicyclic amines) is 1. The lowest BCUT2D eigenvalue weighted by Crippen LogP contribution is -2.44. The Hall–Kier alpha value is -2.48. The third-order valence-corrected chi connectivity index (χ3v) is 4.25. The van der Waals surface area contributed by atoms with Crippen LogP contribution in [0.1, 0.15) is 48.6 Å². The standard InChI is InChI=1S/C18H25N5O3/c1-11(2)26-14-6-5-7-22(10-14)17(25)15-9-16(24)23(21-15)18-19-12(3)8-13(4)20-18/h8-9,11,14,21H,5-7,10H2,1-4H3. The molecule has 8 heteroatoms. The number of H-pyrrole nitrogens is 1. The van der Waals surface area contributed by atoms with E-state index in [-0.39, 0.29) is 35.3 Å². The summed E-state index contributed by atoms with van der Waals surface area (Å²) >= 11 is 0. The fourth-order valence-electron chi connectivity index (χ4n) is 3.25. The molecule has 1 N–H and O–H groups in total. The Morgan fingerprint density at radius 1 is 1.27 bits per heavy atom. The molecule has 8 nitrogen and oxygen atoms in total. The van der Waals surface area contributed by atoms with Crippen LogP contribution < -0.4 is 5.56 Å². The number of ether oxygens (including phenoxy) is 1. The van der Waals surface area contributed by atoms with Crippen molar-refractivity contribution in [3.05, 3.63) is 39.6 Å². The maximum Gasteiger partial charge on any atom is 0.274 e. The van der Waals surface area contributed by atoms with Crippen LogP contribution in [-0.4, -0.2) is 55.9 Å². The van der Waals surface area contributed by atoms with Gasteiger partial charge >= 0.3 is 0 Å². The van der Waals surface area contributed by atoms with E-state index in [2.05, 4.69) is 15.1 Å². The number of hydrogen-bond donors (Lipinski definition) is 1. The minimum atomic E-state index is -0.356. The van der Waals surface area contributed by atoms with Crippen LogP contribution in [0.3, 0.4) is 0 Å². The normalized spacial score (nSPS) is 17.7. The number of nitrogens with one attached hydrogen (secondary N) is 1. The minimum Gasteiger partial charge on any atom is -0.374 e. The van der Waals surface area contributed by atoms with Gasteiger partial charge in [0.25, 0.3) is 17.4 Å². The number of aromatic amines is 1. The van der Waals surface area contributed by atoms with E-state index in [9.17, 15) is 9.59 Å². The Labute approximate surface area is 152 Å². The van der Waals surface area contributed by atoms with Crippen molar-refractivity contribution < 1.29 is 9.53 Å². The molecule has 3 heterocycles. The van der Waals surface area contributed by atoms with Crippen molar-refractivity contribution in [3.8, 4) is 5.95 Å². The van der Waals surface area contributed by atoms with Gasteiger partial charge in [-0.05, 0) is 46.6 Å². The molecule has 1 aliphatic heterocycles. The van der Waals surface area contributed by atoms with E-state index in [0.29, 0.717) is 13.1 Å². The predicted molar refractivity (Wildman–Crippen MR) is 96.6 cm³/mol. The summed E-state index contributed by atoms with van der Waals surface area (Å²) in [7, 11) is 0. The lowest BCUT2D eigenvalue weighted by atomic mass is 10.1. The number of amides is 1. The molecule has 3 rings (SSSR count). The number of piperidine rings is 1. The Bertz CT molecular complexity index is 835. The van der Waals surface area contributed by atoms with Gasteiger partial charge in [0.05, 0.1) is 12.2 Å². The highest BCUT2D eigenvalue weighted by molar-refractivity contribution is 5.92. The van der Waals surface area contributed by atoms with Crippen LogP contribution in [0.5, 0.6) is 0 Å². The van der Waals surface area contributed by atoms with Gasteiger partial charge in [-0.25, -0.2) is 9.97 Å². The number of hydrogen-bond acceptors (Lipinski definition) is 5. The highest BCUT2D eigenvalue weighted by atomic mass is 16.5.